The lowest BCUT2D eigenvalue weighted by Gasteiger charge is -2.52. The third-order valence-corrected chi connectivity index (χ3v) is 18.9. The number of alkyl halides is 1. The molecule has 5 rings (SSSR count). The topological polar surface area (TPSA) is 234 Å². The molecule has 4 N–H and O–H groups in total. The number of nitrogens with zero attached hydrogens (tertiary/aromatic N) is 5. The first-order chi connectivity index (χ1) is 34.9. The van der Waals surface area contributed by atoms with E-state index in [9.17, 15) is 38.0 Å². The summed E-state index contributed by atoms with van der Waals surface area (Å²) in [5.41, 5.74) is -4.69. The van der Waals surface area contributed by atoms with Gasteiger partial charge in [0.1, 0.15) is 47.8 Å². The van der Waals surface area contributed by atoms with Crippen molar-refractivity contribution in [1.82, 2.24) is 24.8 Å². The third-order valence-electron chi connectivity index (χ3n) is 17.1. The molecule has 0 unspecified atom stereocenters. The standard InChI is InChI=1S/C54H92FN5O14S/c1-17-43-53(11,64)48(61)36(7)59(14)30-32(3)27-51(9,63)49(34(5)46(35(6)50(62)72-43)73-45-28-52(10,69-16)54(12,65)37(8)71-45)74-44-26-40(25-33(4)70-44)58(13)24-23-39-31-60(57-56-39)42(29-55)47(68-15)38-19-21-41(22-20-38)75(66,67)18-2/h19-22,31-37,40,42-49,61,63-65H,17-18,23-30H2,1-16H3/t32-,33-,34+,35-,36-,37+,40+,42-,43-,44+,45+,46+,47-,48-,49-,51-,52-,53-,54-/m1/s1. The van der Waals surface area contributed by atoms with E-state index in [1.54, 1.807) is 73.7 Å². The minimum Gasteiger partial charge on any atom is -0.459 e. The van der Waals surface area contributed by atoms with Gasteiger partial charge in [0.15, 0.2) is 22.4 Å². The van der Waals surface area contributed by atoms with E-state index in [0.717, 1.165) is 0 Å². The first kappa shape index (κ1) is 63.1. The molecule has 0 saturated carbocycles. The number of esters is 1. The number of carbonyl (C=O) groups excluding carboxylic acids is 1. The Balaban J connectivity index is 1.42. The van der Waals surface area contributed by atoms with Crippen molar-refractivity contribution >= 4 is 15.8 Å². The number of hydrogen-bond acceptors (Lipinski definition) is 18. The number of aliphatic hydroxyl groups excluding tert-OH is 1. The zero-order chi connectivity index (χ0) is 56.2. The summed E-state index contributed by atoms with van der Waals surface area (Å²) >= 11 is 0. The molecule has 3 aliphatic rings. The maximum absolute atomic E-state index is 14.8. The van der Waals surface area contributed by atoms with E-state index in [4.69, 9.17) is 33.2 Å². The summed E-state index contributed by atoms with van der Waals surface area (Å²) in [6.45, 7) is 21.2. The number of likely N-dealkylation sites (N-methyl/N-ethyl adjacent to an activating group) is 2. The van der Waals surface area contributed by atoms with Crippen molar-refractivity contribution < 1.29 is 71.2 Å². The molecule has 1 aromatic carbocycles. The molecule has 75 heavy (non-hydrogen) atoms. The number of methoxy groups -OCH3 is 2. The molecule has 4 heterocycles. The fourth-order valence-electron chi connectivity index (χ4n) is 11.7. The molecule has 430 valence electrons. The Hall–Kier alpha value is -2.77. The van der Waals surface area contributed by atoms with Crippen LogP contribution in [0.25, 0.3) is 0 Å². The van der Waals surface area contributed by atoms with Crippen LogP contribution in [0.4, 0.5) is 4.39 Å². The van der Waals surface area contributed by atoms with Crippen molar-refractivity contribution in [3.63, 3.8) is 0 Å². The van der Waals surface area contributed by atoms with Gasteiger partial charge in [-0.3, -0.25) is 4.79 Å². The highest BCUT2D eigenvalue weighted by Crippen LogP contribution is 2.43. The van der Waals surface area contributed by atoms with Crippen LogP contribution >= 0.6 is 0 Å². The molecule has 3 aliphatic heterocycles. The number of hydrogen-bond donors (Lipinski definition) is 4. The average Bonchev–Trinajstić information content (AvgIpc) is 3.83. The van der Waals surface area contributed by atoms with Crippen molar-refractivity contribution in [1.29, 1.82) is 0 Å². The SMILES string of the molecule is CC[C@H]1OC(=O)[C@H](C)[C@@H](O[C@H]2C[C@@](C)(OC)[C@](C)(O)[C@H](C)O2)[C@H](C)[C@@H](O[C@H]2C[C@@H](N(C)CCc3cn([C@H](CF)[C@H](OC)c4ccc(S(=O)(=O)CC)cc4)nn3)C[C@@H](C)O2)[C@](C)(O)C[C@@H](C)CN(C)[C@H](C)[C@@H](O)[C@]1(C)O. The number of aliphatic hydroxyl groups is 4. The molecular weight excluding hydrogens is 994 g/mol. The van der Waals surface area contributed by atoms with E-state index in [-0.39, 0.29) is 48.0 Å². The Morgan fingerprint density at radius 2 is 1.60 bits per heavy atom. The van der Waals surface area contributed by atoms with Crippen LogP contribution in [0.3, 0.4) is 0 Å². The van der Waals surface area contributed by atoms with E-state index in [0.29, 0.717) is 43.6 Å². The number of aromatic nitrogens is 3. The predicted octanol–water partition coefficient (Wildman–Crippen LogP) is 5.22. The summed E-state index contributed by atoms with van der Waals surface area (Å²) < 4.78 is 85.8. The lowest BCUT2D eigenvalue weighted by Crippen LogP contribution is -2.65. The molecule has 0 radical (unpaired) electrons. The number of ether oxygens (including phenoxy) is 7. The van der Waals surface area contributed by atoms with Gasteiger partial charge < -0.3 is 63.4 Å². The quantitative estimate of drug-likeness (QED) is 0.149. The molecule has 0 spiro atoms. The van der Waals surface area contributed by atoms with Gasteiger partial charge in [-0.05, 0) is 112 Å². The van der Waals surface area contributed by atoms with E-state index < -0.39 is 118 Å². The summed E-state index contributed by atoms with van der Waals surface area (Å²) in [6, 6.07) is 4.78. The summed E-state index contributed by atoms with van der Waals surface area (Å²) in [4.78, 5) is 18.9. The molecule has 1 aromatic heterocycles. The Labute approximate surface area is 445 Å². The summed E-state index contributed by atoms with van der Waals surface area (Å²) in [5, 5.41) is 56.7. The Morgan fingerprint density at radius 3 is 2.19 bits per heavy atom. The Bertz CT molecular complexity index is 2240. The van der Waals surface area contributed by atoms with Crippen LogP contribution in [0.15, 0.2) is 35.4 Å². The second kappa shape index (κ2) is 25.6. The first-order valence-corrected chi connectivity index (χ1v) is 28.5. The zero-order valence-electron chi connectivity index (χ0n) is 47.5. The van der Waals surface area contributed by atoms with E-state index >= 15 is 0 Å². The molecule has 21 heteroatoms. The normalized spacial score (nSPS) is 39.1. The molecule has 0 bridgehead atoms. The minimum atomic E-state index is -3.42. The molecule has 2 aromatic rings. The smallest absolute Gasteiger partial charge is 0.311 e. The van der Waals surface area contributed by atoms with Gasteiger partial charge >= 0.3 is 5.97 Å². The van der Waals surface area contributed by atoms with Gasteiger partial charge in [0, 0.05) is 70.8 Å². The molecule has 19 atom stereocenters. The number of cyclic esters (lactones) is 1. The predicted molar refractivity (Wildman–Crippen MR) is 279 cm³/mol. The number of halogens is 1. The van der Waals surface area contributed by atoms with Crippen LogP contribution in [0, 0.1) is 17.8 Å². The highest BCUT2D eigenvalue weighted by molar-refractivity contribution is 7.91. The first-order valence-electron chi connectivity index (χ1n) is 26.9. The highest BCUT2D eigenvalue weighted by Gasteiger charge is 2.56. The van der Waals surface area contributed by atoms with Gasteiger partial charge in [0.05, 0.1) is 52.3 Å². The van der Waals surface area contributed by atoms with Crippen molar-refractivity contribution in [3.05, 3.63) is 41.7 Å². The summed E-state index contributed by atoms with van der Waals surface area (Å²) in [5.74, 6) is -2.69. The third kappa shape index (κ3) is 14.4. The second-order valence-electron chi connectivity index (χ2n) is 22.9. The highest BCUT2D eigenvalue weighted by atomic mass is 32.2. The number of sulfone groups is 1. The van der Waals surface area contributed by atoms with Gasteiger partial charge in [-0.15, -0.1) is 5.10 Å². The number of rotatable bonds is 17. The average molecular weight is 1090 g/mol. The largest absolute Gasteiger partial charge is 0.459 e. The molecular formula is C54H92FN5O14S. The monoisotopic (exact) mass is 1090 g/mol. The fourth-order valence-corrected chi connectivity index (χ4v) is 12.5. The van der Waals surface area contributed by atoms with Crippen molar-refractivity contribution in [2.75, 3.05) is 53.8 Å². The molecule has 3 fully saturated rings. The Morgan fingerprint density at radius 1 is 0.947 bits per heavy atom. The van der Waals surface area contributed by atoms with Crippen LogP contribution in [0.1, 0.15) is 139 Å². The maximum Gasteiger partial charge on any atom is 0.311 e. The summed E-state index contributed by atoms with van der Waals surface area (Å²) in [7, 11) is 3.42. The minimum absolute atomic E-state index is 0.0385. The van der Waals surface area contributed by atoms with Gasteiger partial charge in [0.2, 0.25) is 0 Å². The van der Waals surface area contributed by atoms with Gasteiger partial charge in [-0.25, -0.2) is 17.5 Å². The number of carbonyl (C=O) groups is 1. The zero-order valence-corrected chi connectivity index (χ0v) is 48.3. The van der Waals surface area contributed by atoms with Crippen LogP contribution < -0.4 is 0 Å². The van der Waals surface area contributed by atoms with E-state index in [1.165, 1.54) is 38.0 Å². The Kier molecular flexibility index (Phi) is 21.5. The maximum atomic E-state index is 14.8. The van der Waals surface area contributed by atoms with Crippen molar-refractivity contribution in [2.24, 2.45) is 17.8 Å². The fraction of sp³-hybridized carbons (Fsp3) is 0.833. The second-order valence-corrected chi connectivity index (χ2v) is 25.2. The molecule has 0 aliphatic carbocycles. The molecule has 3 saturated heterocycles. The van der Waals surface area contributed by atoms with Crippen LogP contribution in [-0.2, 0) is 54.2 Å². The van der Waals surface area contributed by atoms with Gasteiger partial charge in [-0.2, -0.15) is 0 Å². The lowest BCUT2D eigenvalue weighted by atomic mass is 9.76. The summed E-state index contributed by atoms with van der Waals surface area (Å²) in [6.07, 6.45) is -4.26. The van der Waals surface area contributed by atoms with Crippen LogP contribution in [0.5, 0.6) is 0 Å². The van der Waals surface area contributed by atoms with E-state index in [2.05, 4.69) is 15.2 Å². The van der Waals surface area contributed by atoms with Crippen molar-refractivity contribution in [2.45, 2.75) is 222 Å². The van der Waals surface area contributed by atoms with Gasteiger partial charge in [-0.1, -0.05) is 45.0 Å². The van der Waals surface area contributed by atoms with Crippen molar-refractivity contribution in [3.8, 4) is 0 Å². The lowest BCUT2D eigenvalue weighted by molar-refractivity contribution is -0.331. The molecule has 0 amide bonds. The van der Waals surface area contributed by atoms with E-state index in [1.807, 2.05) is 39.8 Å². The van der Waals surface area contributed by atoms with Crippen LogP contribution in [-0.4, -0.2) is 197 Å². The number of benzene rings is 1. The molecule has 19 nitrogen and oxygen atoms in total. The van der Waals surface area contributed by atoms with Gasteiger partial charge in [0.25, 0.3) is 0 Å². The van der Waals surface area contributed by atoms with Crippen LogP contribution in [0.2, 0.25) is 0 Å².